The van der Waals surface area contributed by atoms with E-state index < -0.39 is 30.7 Å². The van der Waals surface area contributed by atoms with Gasteiger partial charge in [0.25, 0.3) is 0 Å². The summed E-state index contributed by atoms with van der Waals surface area (Å²) in [5.74, 6) is -0.330. The number of thiophene rings is 2. The van der Waals surface area contributed by atoms with Crippen LogP contribution in [0.25, 0.3) is 37.4 Å². The summed E-state index contributed by atoms with van der Waals surface area (Å²) in [7, 11) is 1.29. The number of aromatic nitrogens is 2. The summed E-state index contributed by atoms with van der Waals surface area (Å²) in [5.41, 5.74) is 8.08. The molecule has 2 fully saturated rings. The lowest BCUT2D eigenvalue weighted by molar-refractivity contribution is -0.139. The van der Waals surface area contributed by atoms with Crippen LogP contribution in [0.4, 0.5) is 4.79 Å². The number of nitrogens with one attached hydrogen (secondary N) is 3. The fourth-order valence-electron chi connectivity index (χ4n) is 8.42. The van der Waals surface area contributed by atoms with Crippen LogP contribution in [0.15, 0.2) is 82.7 Å². The standard InChI is InChI=1S/C44H47N7O6S2/c1-25(2)37(48-36(53)22-52)42(54)51-18-8-12-35(51)41-46-21-33(47-41)27-15-13-26(14-16-27)30-23-58-40-31(24-59-39(30)40)29-19-32(45-20-29)34-11-7-17-50(34)43(55)38(49-44(56)57-3)28-9-5-4-6-10-28/h4-6,9-10,13-16,20-21,23-25,34-35,37-38,52H,7-8,11-12,17-19,22H2,1-3H3,(H,46,47)(H,48,53)(H,49,56)/t34?,35?,37-,38+/m0/s1. The van der Waals surface area contributed by atoms with Crippen molar-refractivity contribution in [2.75, 3.05) is 26.8 Å². The number of allylic oxidation sites excluding steroid dienone is 1. The number of fused-ring (bicyclic) bond motifs is 1. The molecule has 3 aliphatic rings. The number of carbonyl (C=O) groups is 4. The highest BCUT2D eigenvalue weighted by Crippen LogP contribution is 2.45. The lowest BCUT2D eigenvalue weighted by atomic mass is 9.99. The van der Waals surface area contributed by atoms with E-state index in [-0.39, 0.29) is 29.8 Å². The number of methoxy groups -OCH3 is 1. The van der Waals surface area contributed by atoms with Gasteiger partial charge in [0.15, 0.2) is 0 Å². The van der Waals surface area contributed by atoms with Crippen molar-refractivity contribution < 1.29 is 29.0 Å². The number of hydrogen-bond donors (Lipinski definition) is 4. The molecule has 2 saturated heterocycles. The van der Waals surface area contributed by atoms with Crippen LogP contribution in [0.2, 0.25) is 0 Å². The number of aliphatic imine (C=N–C) groups is 1. The number of likely N-dealkylation sites (tertiary alicyclic amines) is 2. The van der Waals surface area contributed by atoms with E-state index in [1.807, 2.05) is 55.3 Å². The molecular formula is C44H47N7O6S2. The highest BCUT2D eigenvalue weighted by molar-refractivity contribution is 7.27. The molecule has 13 nitrogen and oxygen atoms in total. The molecule has 2 aromatic carbocycles. The van der Waals surface area contributed by atoms with Gasteiger partial charge in [0.2, 0.25) is 17.7 Å². The van der Waals surface area contributed by atoms with E-state index in [9.17, 15) is 24.3 Å². The van der Waals surface area contributed by atoms with Crippen LogP contribution in [-0.2, 0) is 19.1 Å². The second-order valence-corrected chi connectivity index (χ2v) is 17.2. The van der Waals surface area contributed by atoms with Crippen molar-refractivity contribution in [2.24, 2.45) is 10.9 Å². The average molecular weight is 834 g/mol. The summed E-state index contributed by atoms with van der Waals surface area (Å²) in [6, 6.07) is 15.7. The van der Waals surface area contributed by atoms with E-state index in [4.69, 9.17) is 14.7 Å². The summed E-state index contributed by atoms with van der Waals surface area (Å²) < 4.78 is 7.29. The van der Waals surface area contributed by atoms with E-state index in [0.717, 1.165) is 53.8 Å². The molecule has 8 rings (SSSR count). The number of nitrogens with zero attached hydrogens (tertiary/aromatic N) is 4. The topological polar surface area (TPSA) is 169 Å². The molecule has 0 spiro atoms. The molecule has 4 N–H and O–H groups in total. The SMILES string of the molecule is COC(=O)N[C@@H](C(=O)N1CCCC1C1=NC=C(c2csc3c(-c4ccc(-c5cnc(C6CCCN6C(=O)[C@@H](NC(=O)CO)C(C)C)[nH]5)cc4)csc23)C1)c1ccccc1. The lowest BCUT2D eigenvalue weighted by Crippen LogP contribution is -2.51. The van der Waals surface area contributed by atoms with Crippen LogP contribution in [0, 0.1) is 5.92 Å². The van der Waals surface area contributed by atoms with Crippen molar-refractivity contribution >= 4 is 67.2 Å². The number of rotatable bonds is 12. The van der Waals surface area contributed by atoms with E-state index in [1.165, 1.54) is 27.6 Å². The van der Waals surface area contributed by atoms with Gasteiger partial charge in [-0.3, -0.25) is 19.4 Å². The molecule has 4 atom stereocenters. The van der Waals surface area contributed by atoms with Crippen LogP contribution in [0.3, 0.4) is 0 Å². The first-order chi connectivity index (χ1) is 28.6. The van der Waals surface area contributed by atoms with E-state index in [1.54, 1.807) is 33.8 Å². The number of benzene rings is 2. The van der Waals surface area contributed by atoms with Crippen molar-refractivity contribution in [1.29, 1.82) is 0 Å². The number of ether oxygens (including phenoxy) is 1. The summed E-state index contributed by atoms with van der Waals surface area (Å²) >= 11 is 3.45. The van der Waals surface area contributed by atoms with Gasteiger partial charge in [0, 0.05) is 53.3 Å². The first-order valence-corrected chi connectivity index (χ1v) is 21.7. The molecule has 3 aromatic heterocycles. The number of aliphatic hydroxyl groups is 1. The van der Waals surface area contributed by atoms with Crippen molar-refractivity contribution in [3.05, 3.63) is 94.7 Å². The maximum atomic E-state index is 14.0. The van der Waals surface area contributed by atoms with Gasteiger partial charge < -0.3 is 35.3 Å². The second-order valence-electron chi connectivity index (χ2n) is 15.5. The number of imidazole rings is 1. The predicted molar refractivity (Wildman–Crippen MR) is 230 cm³/mol. The number of amides is 4. The van der Waals surface area contributed by atoms with Crippen LogP contribution in [0.1, 0.15) is 75.0 Å². The zero-order chi connectivity index (χ0) is 41.2. The van der Waals surface area contributed by atoms with Gasteiger partial charge >= 0.3 is 6.09 Å². The fourth-order valence-corrected chi connectivity index (χ4v) is 10.9. The lowest BCUT2D eigenvalue weighted by Gasteiger charge is -2.30. The van der Waals surface area contributed by atoms with Gasteiger partial charge in [0.1, 0.15) is 24.5 Å². The summed E-state index contributed by atoms with van der Waals surface area (Å²) in [6.07, 6.45) is 7.02. The summed E-state index contributed by atoms with van der Waals surface area (Å²) in [6.45, 7) is 4.26. The summed E-state index contributed by atoms with van der Waals surface area (Å²) in [5, 5.41) is 19.1. The van der Waals surface area contributed by atoms with Gasteiger partial charge in [-0.05, 0) is 53.9 Å². The quantitative estimate of drug-likeness (QED) is 0.104. The monoisotopic (exact) mass is 833 g/mol. The first kappa shape index (κ1) is 40.2. The molecule has 15 heteroatoms. The van der Waals surface area contributed by atoms with Crippen molar-refractivity contribution in [3.63, 3.8) is 0 Å². The zero-order valence-corrected chi connectivity index (χ0v) is 34.8. The van der Waals surface area contributed by atoms with Gasteiger partial charge in [-0.25, -0.2) is 9.78 Å². The zero-order valence-electron chi connectivity index (χ0n) is 33.1. The molecule has 4 amide bonds. The molecule has 2 unspecified atom stereocenters. The minimum Gasteiger partial charge on any atom is -0.453 e. The Morgan fingerprint density at radius 1 is 0.881 bits per heavy atom. The number of H-pyrrole nitrogens is 1. The minimum atomic E-state index is -0.857. The average Bonchev–Trinajstić information content (AvgIpc) is 4.11. The van der Waals surface area contributed by atoms with E-state index in [2.05, 4.69) is 50.6 Å². The van der Waals surface area contributed by atoms with E-state index in [0.29, 0.717) is 30.9 Å². The van der Waals surface area contributed by atoms with Crippen LogP contribution >= 0.6 is 22.7 Å². The molecule has 0 aliphatic carbocycles. The fraction of sp³-hybridized carbons (Fsp3) is 0.364. The highest BCUT2D eigenvalue weighted by Gasteiger charge is 2.39. The highest BCUT2D eigenvalue weighted by atomic mass is 32.1. The molecule has 59 heavy (non-hydrogen) atoms. The largest absolute Gasteiger partial charge is 0.453 e. The third kappa shape index (κ3) is 8.06. The molecule has 0 radical (unpaired) electrons. The number of hydrogen-bond acceptors (Lipinski definition) is 10. The van der Waals surface area contributed by atoms with Gasteiger partial charge in [-0.2, -0.15) is 0 Å². The van der Waals surface area contributed by atoms with Crippen LogP contribution in [0.5, 0.6) is 0 Å². The molecule has 306 valence electrons. The smallest absolute Gasteiger partial charge is 0.407 e. The molecule has 6 heterocycles. The molecule has 0 saturated carbocycles. The Bertz CT molecular complexity index is 2420. The first-order valence-electron chi connectivity index (χ1n) is 20.0. The van der Waals surface area contributed by atoms with Crippen molar-refractivity contribution in [3.8, 4) is 22.4 Å². The maximum absolute atomic E-state index is 14.0. The third-order valence-corrected chi connectivity index (χ3v) is 13.6. The van der Waals surface area contributed by atoms with Gasteiger partial charge in [-0.15, -0.1) is 22.7 Å². The van der Waals surface area contributed by atoms with Crippen LogP contribution < -0.4 is 10.6 Å². The Morgan fingerprint density at radius 2 is 1.54 bits per heavy atom. The Morgan fingerprint density at radius 3 is 2.24 bits per heavy atom. The summed E-state index contributed by atoms with van der Waals surface area (Å²) in [4.78, 5) is 68.5. The molecule has 3 aliphatic heterocycles. The van der Waals surface area contributed by atoms with Crippen molar-refractivity contribution in [2.45, 2.75) is 70.1 Å². The number of aliphatic hydroxyl groups excluding tert-OH is 1. The van der Waals surface area contributed by atoms with Crippen molar-refractivity contribution in [1.82, 2.24) is 30.4 Å². The Labute approximate surface area is 350 Å². The number of aromatic amines is 1. The van der Waals surface area contributed by atoms with E-state index >= 15 is 0 Å². The third-order valence-electron chi connectivity index (χ3n) is 11.5. The predicted octanol–water partition coefficient (Wildman–Crippen LogP) is 7.09. The number of alkyl carbamates (subject to hydrolysis) is 1. The minimum absolute atomic E-state index is 0.137. The normalized spacial score (nSPS) is 18.9. The molecule has 5 aromatic rings. The van der Waals surface area contributed by atoms with Gasteiger partial charge in [-0.1, -0.05) is 68.4 Å². The molecular weight excluding hydrogens is 787 g/mol. The maximum Gasteiger partial charge on any atom is 0.407 e. The van der Waals surface area contributed by atoms with Crippen LogP contribution in [-0.4, -0.2) is 93.3 Å². The Kier molecular flexibility index (Phi) is 11.8. The number of carbonyl (C=O) groups excluding carboxylic acids is 4. The van der Waals surface area contributed by atoms with Gasteiger partial charge in [0.05, 0.1) is 40.5 Å². The Hall–Kier alpha value is -5.64. The molecule has 0 bridgehead atoms. The second kappa shape index (κ2) is 17.3. The Balaban J connectivity index is 0.937.